The molecule has 3 unspecified atom stereocenters. The van der Waals surface area contributed by atoms with Gasteiger partial charge >= 0.3 is 0 Å². The van der Waals surface area contributed by atoms with Crippen molar-refractivity contribution < 1.29 is 14.9 Å². The highest BCUT2D eigenvalue weighted by Gasteiger charge is 2.65. The highest BCUT2D eigenvalue weighted by atomic mass is 16.5. The number of phenols is 1. The summed E-state index contributed by atoms with van der Waals surface area (Å²) in [4.78, 5) is 0. The van der Waals surface area contributed by atoms with Crippen LogP contribution in [0.4, 0.5) is 0 Å². The van der Waals surface area contributed by atoms with Crippen molar-refractivity contribution in [1.29, 1.82) is 0 Å². The first-order valence-electron chi connectivity index (χ1n) is 10.0. The smallest absolute Gasteiger partial charge is 0.165 e. The molecule has 1 spiro atoms. The Labute approximate surface area is 149 Å². The van der Waals surface area contributed by atoms with E-state index in [-0.39, 0.29) is 17.3 Å². The predicted molar refractivity (Wildman–Crippen MR) is 96.0 cm³/mol. The highest BCUT2D eigenvalue weighted by Crippen LogP contribution is 2.65. The Hall–Kier alpha value is -1.26. The molecule has 136 valence electrons. The molecule has 4 heteroatoms. The molecule has 1 aromatic carbocycles. The lowest BCUT2D eigenvalue weighted by molar-refractivity contribution is -0.0935. The maximum atomic E-state index is 10.7. The molecule has 4 aliphatic rings. The lowest BCUT2D eigenvalue weighted by Gasteiger charge is -2.58. The normalized spacial score (nSPS) is 41.8. The van der Waals surface area contributed by atoms with Gasteiger partial charge in [0.15, 0.2) is 11.5 Å². The molecule has 3 N–H and O–H groups in total. The molecule has 3 aliphatic carbocycles. The third-order valence-corrected chi connectivity index (χ3v) is 7.69. The van der Waals surface area contributed by atoms with Crippen molar-refractivity contribution in [2.45, 2.75) is 82.1 Å². The van der Waals surface area contributed by atoms with Crippen LogP contribution in [0.1, 0.15) is 57.1 Å². The molecule has 0 saturated heterocycles. The first-order valence-corrected chi connectivity index (χ1v) is 10.0. The number of benzene rings is 1. The standard InChI is InChI=1S/C21H29NO3/c1-3-11(2)22-15-8-9-21-14-5-7-17(24)20(21)25-19-16(23)6-4-12(18(19)21)10-13(14)15/h4,6,11,13-15,17,20,22-24H,3,5,7-10H2,1-2H3/t11-,13-,14?,15?,17?,20+,21+/m1/s1. The van der Waals surface area contributed by atoms with Crippen LogP contribution in [0.15, 0.2) is 12.1 Å². The van der Waals surface area contributed by atoms with Gasteiger partial charge in [-0.3, -0.25) is 0 Å². The number of ether oxygens (including phenoxy) is 1. The van der Waals surface area contributed by atoms with Crippen LogP contribution >= 0.6 is 0 Å². The van der Waals surface area contributed by atoms with E-state index in [2.05, 4.69) is 25.2 Å². The van der Waals surface area contributed by atoms with Crippen molar-refractivity contribution in [2.75, 3.05) is 0 Å². The minimum Gasteiger partial charge on any atom is -0.504 e. The van der Waals surface area contributed by atoms with Gasteiger partial charge in [0, 0.05) is 23.1 Å². The Balaban J connectivity index is 1.63. The van der Waals surface area contributed by atoms with Crippen molar-refractivity contribution in [1.82, 2.24) is 5.32 Å². The zero-order chi connectivity index (χ0) is 17.3. The quantitative estimate of drug-likeness (QED) is 0.790. The number of aliphatic hydroxyl groups excluding tert-OH is 1. The molecule has 7 atom stereocenters. The van der Waals surface area contributed by atoms with E-state index < -0.39 is 6.10 Å². The van der Waals surface area contributed by atoms with Gasteiger partial charge < -0.3 is 20.3 Å². The number of aliphatic hydroxyl groups is 1. The Morgan fingerprint density at radius 1 is 1.32 bits per heavy atom. The SMILES string of the molecule is CC[C@@H](C)NC1CC[C@]23c4c5ccc(O)c4O[C@H]2C(O)CCC3[C@H]1C5. The van der Waals surface area contributed by atoms with Gasteiger partial charge in [0.05, 0.1) is 6.10 Å². The van der Waals surface area contributed by atoms with Gasteiger partial charge in [-0.1, -0.05) is 13.0 Å². The molecule has 1 aliphatic heterocycles. The van der Waals surface area contributed by atoms with E-state index in [9.17, 15) is 10.2 Å². The van der Waals surface area contributed by atoms with Crippen molar-refractivity contribution in [3.63, 3.8) is 0 Å². The van der Waals surface area contributed by atoms with Crippen LogP contribution in [0, 0.1) is 11.8 Å². The van der Waals surface area contributed by atoms with E-state index in [1.807, 2.05) is 0 Å². The average molecular weight is 343 g/mol. The summed E-state index contributed by atoms with van der Waals surface area (Å²) >= 11 is 0. The molecule has 1 aromatic rings. The van der Waals surface area contributed by atoms with E-state index >= 15 is 0 Å². The monoisotopic (exact) mass is 343 g/mol. The minimum atomic E-state index is -0.422. The Bertz CT molecular complexity index is 705. The summed E-state index contributed by atoms with van der Waals surface area (Å²) < 4.78 is 6.24. The Morgan fingerprint density at radius 2 is 2.16 bits per heavy atom. The second-order valence-corrected chi connectivity index (χ2v) is 8.77. The van der Waals surface area contributed by atoms with Gasteiger partial charge in [0.2, 0.25) is 0 Å². The van der Waals surface area contributed by atoms with Gasteiger partial charge in [0.1, 0.15) is 6.10 Å². The molecule has 2 saturated carbocycles. The molecule has 0 amide bonds. The Morgan fingerprint density at radius 3 is 2.96 bits per heavy atom. The molecule has 25 heavy (non-hydrogen) atoms. The van der Waals surface area contributed by atoms with E-state index in [0.29, 0.717) is 29.7 Å². The fraction of sp³-hybridized carbons (Fsp3) is 0.714. The first-order chi connectivity index (χ1) is 12.1. The zero-order valence-corrected chi connectivity index (χ0v) is 15.2. The number of phenolic OH excluding ortho intramolecular Hbond substituents is 1. The van der Waals surface area contributed by atoms with Crippen molar-refractivity contribution in [3.8, 4) is 11.5 Å². The molecule has 4 nitrogen and oxygen atoms in total. The van der Waals surface area contributed by atoms with Crippen molar-refractivity contribution >= 4 is 0 Å². The zero-order valence-electron chi connectivity index (χ0n) is 15.2. The summed E-state index contributed by atoms with van der Waals surface area (Å²) in [6, 6.07) is 4.97. The van der Waals surface area contributed by atoms with E-state index in [0.717, 1.165) is 38.5 Å². The minimum absolute atomic E-state index is 0.0857. The molecule has 1 heterocycles. The van der Waals surface area contributed by atoms with Crippen molar-refractivity contribution in [3.05, 3.63) is 23.3 Å². The van der Waals surface area contributed by atoms with Gasteiger partial charge in [-0.25, -0.2) is 0 Å². The van der Waals surface area contributed by atoms with Crippen LogP contribution in [-0.4, -0.2) is 34.5 Å². The molecular weight excluding hydrogens is 314 g/mol. The summed E-state index contributed by atoms with van der Waals surface area (Å²) in [6.45, 7) is 4.52. The first kappa shape index (κ1) is 16.0. The van der Waals surface area contributed by atoms with Gasteiger partial charge in [-0.15, -0.1) is 0 Å². The van der Waals surface area contributed by atoms with E-state index in [4.69, 9.17) is 4.74 Å². The van der Waals surface area contributed by atoms with Crippen LogP contribution in [-0.2, 0) is 11.8 Å². The second-order valence-electron chi connectivity index (χ2n) is 8.77. The lowest BCUT2D eigenvalue weighted by atomic mass is 9.47. The van der Waals surface area contributed by atoms with Crippen LogP contribution in [0.5, 0.6) is 11.5 Å². The lowest BCUT2D eigenvalue weighted by Crippen LogP contribution is -2.64. The number of rotatable bonds is 3. The second kappa shape index (κ2) is 5.37. The summed E-state index contributed by atoms with van der Waals surface area (Å²) in [5.41, 5.74) is 2.48. The van der Waals surface area contributed by atoms with Crippen LogP contribution < -0.4 is 10.1 Å². The van der Waals surface area contributed by atoms with Gasteiger partial charge in [-0.2, -0.15) is 0 Å². The maximum Gasteiger partial charge on any atom is 0.165 e. The number of aromatic hydroxyl groups is 1. The van der Waals surface area contributed by atoms with E-state index in [1.54, 1.807) is 6.07 Å². The number of hydrogen-bond acceptors (Lipinski definition) is 4. The fourth-order valence-electron chi connectivity index (χ4n) is 6.53. The van der Waals surface area contributed by atoms with Crippen molar-refractivity contribution in [2.24, 2.45) is 11.8 Å². The molecule has 0 aromatic heterocycles. The maximum absolute atomic E-state index is 10.7. The molecule has 5 rings (SSSR count). The third-order valence-electron chi connectivity index (χ3n) is 7.69. The van der Waals surface area contributed by atoms with Gasteiger partial charge in [0.25, 0.3) is 0 Å². The third kappa shape index (κ3) is 1.95. The van der Waals surface area contributed by atoms with Crippen LogP contribution in [0.3, 0.4) is 0 Å². The van der Waals surface area contributed by atoms with Crippen LogP contribution in [0.2, 0.25) is 0 Å². The number of nitrogens with one attached hydrogen (secondary N) is 1. The largest absolute Gasteiger partial charge is 0.504 e. The summed E-state index contributed by atoms with van der Waals surface area (Å²) in [5, 5.41) is 25.0. The Kier molecular flexibility index (Phi) is 3.43. The fourth-order valence-corrected chi connectivity index (χ4v) is 6.53. The summed E-state index contributed by atoms with van der Waals surface area (Å²) in [6.07, 6.45) is 5.68. The molecule has 2 bridgehead atoms. The molecule has 0 radical (unpaired) electrons. The van der Waals surface area contributed by atoms with Gasteiger partial charge in [-0.05, 0) is 68.9 Å². The molecular formula is C21H29NO3. The van der Waals surface area contributed by atoms with E-state index in [1.165, 1.54) is 11.1 Å². The van der Waals surface area contributed by atoms with Crippen LogP contribution in [0.25, 0.3) is 0 Å². The predicted octanol–water partition coefficient (Wildman–Crippen LogP) is 2.88. The number of hydrogen-bond donors (Lipinski definition) is 3. The highest BCUT2D eigenvalue weighted by molar-refractivity contribution is 5.60. The molecule has 2 fully saturated rings. The topological polar surface area (TPSA) is 61.7 Å². The summed E-state index contributed by atoms with van der Waals surface area (Å²) in [5.74, 6) is 2.06. The summed E-state index contributed by atoms with van der Waals surface area (Å²) in [7, 11) is 0. The average Bonchev–Trinajstić information content (AvgIpc) is 2.96.